The van der Waals surface area contributed by atoms with Crippen LogP contribution >= 0.6 is 0 Å². The second kappa shape index (κ2) is 5.98. The van der Waals surface area contributed by atoms with Crippen LogP contribution in [0.4, 0.5) is 4.39 Å². The number of hydrogen-bond donors (Lipinski definition) is 2. The first-order chi connectivity index (χ1) is 8.04. The molecule has 0 aliphatic heterocycles. The fraction of sp³-hybridized carbons (Fsp3) is 0.538. The van der Waals surface area contributed by atoms with Crippen molar-refractivity contribution in [1.29, 1.82) is 0 Å². The number of methoxy groups -OCH3 is 1. The second-order valence-electron chi connectivity index (χ2n) is 4.38. The van der Waals surface area contributed by atoms with Gasteiger partial charge in [0, 0.05) is 23.7 Å². The lowest BCUT2D eigenvalue weighted by Gasteiger charge is -2.27. The standard InChI is InChI=1S/C13H20FNO2/c1-4-13(2,9-16)15-8-10-5-6-11(17-3)7-12(10)14/h5-7,15-16H,4,8-9H2,1-3H3. The number of benzene rings is 1. The molecule has 0 aliphatic rings. The Balaban J connectivity index is 2.69. The Bertz CT molecular complexity index is 364. The smallest absolute Gasteiger partial charge is 0.131 e. The molecular weight excluding hydrogens is 221 g/mol. The third-order valence-corrected chi connectivity index (χ3v) is 3.10. The van der Waals surface area contributed by atoms with Gasteiger partial charge in [-0.1, -0.05) is 13.0 Å². The summed E-state index contributed by atoms with van der Waals surface area (Å²) in [5.41, 5.74) is 0.200. The van der Waals surface area contributed by atoms with E-state index in [2.05, 4.69) is 5.32 Å². The van der Waals surface area contributed by atoms with Crippen molar-refractivity contribution in [3.8, 4) is 5.75 Å². The van der Waals surface area contributed by atoms with Gasteiger partial charge in [0.25, 0.3) is 0 Å². The Morgan fingerprint density at radius 3 is 2.65 bits per heavy atom. The minimum absolute atomic E-state index is 0.0290. The van der Waals surface area contributed by atoms with Crippen LogP contribution in [0.2, 0.25) is 0 Å². The maximum Gasteiger partial charge on any atom is 0.131 e. The molecule has 0 saturated carbocycles. The van der Waals surface area contributed by atoms with E-state index in [1.165, 1.54) is 13.2 Å². The van der Waals surface area contributed by atoms with Crippen molar-refractivity contribution in [2.75, 3.05) is 13.7 Å². The van der Waals surface area contributed by atoms with Gasteiger partial charge in [-0.05, 0) is 19.4 Å². The van der Waals surface area contributed by atoms with E-state index in [-0.39, 0.29) is 18.0 Å². The minimum Gasteiger partial charge on any atom is -0.497 e. The molecule has 1 rings (SSSR count). The lowest BCUT2D eigenvalue weighted by atomic mass is 10.00. The van der Waals surface area contributed by atoms with Crippen LogP contribution in [0.15, 0.2) is 18.2 Å². The molecule has 2 N–H and O–H groups in total. The molecule has 1 aromatic rings. The molecule has 0 bridgehead atoms. The third-order valence-electron chi connectivity index (χ3n) is 3.10. The van der Waals surface area contributed by atoms with E-state index < -0.39 is 0 Å². The Morgan fingerprint density at radius 2 is 2.18 bits per heavy atom. The van der Waals surface area contributed by atoms with Crippen molar-refractivity contribution in [3.05, 3.63) is 29.6 Å². The van der Waals surface area contributed by atoms with Crippen LogP contribution in [0.1, 0.15) is 25.8 Å². The van der Waals surface area contributed by atoms with Crippen LogP contribution in [0.5, 0.6) is 5.75 Å². The maximum absolute atomic E-state index is 13.6. The first kappa shape index (κ1) is 13.9. The maximum atomic E-state index is 13.6. The molecule has 0 heterocycles. The first-order valence-corrected chi connectivity index (χ1v) is 5.73. The number of aliphatic hydroxyl groups is 1. The Hall–Kier alpha value is -1.13. The van der Waals surface area contributed by atoms with Crippen LogP contribution in [0.3, 0.4) is 0 Å². The Morgan fingerprint density at radius 1 is 1.47 bits per heavy atom. The molecule has 0 aliphatic carbocycles. The van der Waals surface area contributed by atoms with Crippen LogP contribution in [-0.4, -0.2) is 24.4 Å². The van der Waals surface area contributed by atoms with Crippen LogP contribution in [0.25, 0.3) is 0 Å². The predicted octanol–water partition coefficient (Wildman–Crippen LogP) is 2.08. The average molecular weight is 241 g/mol. The van der Waals surface area contributed by atoms with Crippen molar-refractivity contribution in [2.24, 2.45) is 0 Å². The zero-order valence-electron chi connectivity index (χ0n) is 10.6. The SMILES string of the molecule is CCC(C)(CO)NCc1ccc(OC)cc1F. The molecule has 1 aromatic carbocycles. The molecular formula is C13H20FNO2. The summed E-state index contributed by atoms with van der Waals surface area (Å²) >= 11 is 0. The van der Waals surface area contributed by atoms with Crippen molar-refractivity contribution >= 4 is 0 Å². The molecule has 0 radical (unpaired) electrons. The van der Waals surface area contributed by atoms with E-state index in [1.807, 2.05) is 13.8 Å². The van der Waals surface area contributed by atoms with Crippen molar-refractivity contribution in [2.45, 2.75) is 32.4 Å². The van der Waals surface area contributed by atoms with Gasteiger partial charge in [-0.15, -0.1) is 0 Å². The summed E-state index contributed by atoms with van der Waals surface area (Å²) in [6.45, 7) is 4.31. The fourth-order valence-corrected chi connectivity index (χ4v) is 1.40. The van der Waals surface area contributed by atoms with Gasteiger partial charge in [-0.2, -0.15) is 0 Å². The normalized spacial score (nSPS) is 14.4. The highest BCUT2D eigenvalue weighted by molar-refractivity contribution is 5.28. The van der Waals surface area contributed by atoms with Gasteiger partial charge in [0.2, 0.25) is 0 Å². The lowest BCUT2D eigenvalue weighted by molar-refractivity contribution is 0.168. The van der Waals surface area contributed by atoms with E-state index >= 15 is 0 Å². The van der Waals surface area contributed by atoms with Crippen LogP contribution < -0.4 is 10.1 Å². The highest BCUT2D eigenvalue weighted by atomic mass is 19.1. The minimum atomic E-state index is -0.369. The number of ether oxygens (including phenoxy) is 1. The molecule has 0 fully saturated rings. The highest BCUT2D eigenvalue weighted by Gasteiger charge is 2.20. The number of aliphatic hydroxyl groups excluding tert-OH is 1. The first-order valence-electron chi connectivity index (χ1n) is 5.73. The molecule has 0 spiro atoms. The molecule has 0 saturated heterocycles. The zero-order valence-corrected chi connectivity index (χ0v) is 10.6. The van der Waals surface area contributed by atoms with E-state index in [9.17, 15) is 9.50 Å². The number of rotatable bonds is 6. The van der Waals surface area contributed by atoms with Crippen molar-refractivity contribution < 1.29 is 14.2 Å². The van der Waals surface area contributed by atoms with Gasteiger partial charge in [0.1, 0.15) is 11.6 Å². The highest BCUT2D eigenvalue weighted by Crippen LogP contribution is 2.17. The molecule has 17 heavy (non-hydrogen) atoms. The summed E-state index contributed by atoms with van der Waals surface area (Å²) in [6, 6.07) is 4.77. The summed E-state index contributed by atoms with van der Waals surface area (Å²) in [6.07, 6.45) is 0.779. The summed E-state index contributed by atoms with van der Waals surface area (Å²) in [5.74, 6) is 0.208. The van der Waals surface area contributed by atoms with Crippen LogP contribution in [-0.2, 0) is 6.54 Å². The van der Waals surface area contributed by atoms with E-state index in [4.69, 9.17) is 4.74 Å². The number of hydrogen-bond acceptors (Lipinski definition) is 3. The topological polar surface area (TPSA) is 41.5 Å². The number of halogens is 1. The monoisotopic (exact) mass is 241 g/mol. The van der Waals surface area contributed by atoms with Gasteiger partial charge in [-0.3, -0.25) is 0 Å². The molecule has 1 atom stereocenters. The zero-order chi connectivity index (χ0) is 12.9. The molecule has 3 nitrogen and oxygen atoms in total. The fourth-order valence-electron chi connectivity index (χ4n) is 1.40. The largest absolute Gasteiger partial charge is 0.497 e. The van der Waals surface area contributed by atoms with Gasteiger partial charge in [0.05, 0.1) is 13.7 Å². The summed E-state index contributed by atoms with van der Waals surface area (Å²) in [4.78, 5) is 0. The average Bonchev–Trinajstić information content (AvgIpc) is 2.36. The lowest BCUT2D eigenvalue weighted by Crippen LogP contribution is -2.44. The molecule has 96 valence electrons. The van der Waals surface area contributed by atoms with Crippen molar-refractivity contribution in [1.82, 2.24) is 5.32 Å². The van der Waals surface area contributed by atoms with Crippen LogP contribution in [0, 0.1) is 5.82 Å². The summed E-state index contributed by atoms with van der Waals surface area (Å²) in [7, 11) is 1.51. The third kappa shape index (κ3) is 3.68. The van der Waals surface area contributed by atoms with Crippen molar-refractivity contribution in [3.63, 3.8) is 0 Å². The van der Waals surface area contributed by atoms with Gasteiger partial charge in [0.15, 0.2) is 0 Å². The van der Waals surface area contributed by atoms with Gasteiger partial charge in [-0.25, -0.2) is 4.39 Å². The summed E-state index contributed by atoms with van der Waals surface area (Å²) in [5, 5.41) is 12.4. The van der Waals surface area contributed by atoms with E-state index in [1.54, 1.807) is 12.1 Å². The molecule has 4 heteroatoms. The Kier molecular flexibility index (Phi) is 4.90. The predicted molar refractivity (Wildman–Crippen MR) is 65.6 cm³/mol. The molecule has 0 aromatic heterocycles. The molecule has 1 unspecified atom stereocenters. The van der Waals surface area contributed by atoms with Gasteiger partial charge >= 0.3 is 0 Å². The quantitative estimate of drug-likeness (QED) is 0.801. The second-order valence-corrected chi connectivity index (χ2v) is 4.38. The Labute approximate surface area is 102 Å². The number of nitrogens with one attached hydrogen (secondary N) is 1. The molecule has 0 amide bonds. The summed E-state index contributed by atoms with van der Waals surface area (Å²) < 4.78 is 18.6. The van der Waals surface area contributed by atoms with Gasteiger partial charge < -0.3 is 15.2 Å². The van der Waals surface area contributed by atoms with E-state index in [0.29, 0.717) is 17.9 Å². The van der Waals surface area contributed by atoms with E-state index in [0.717, 1.165) is 6.42 Å².